The summed E-state index contributed by atoms with van der Waals surface area (Å²) in [5.41, 5.74) is 4.79. The average Bonchev–Trinajstić information content (AvgIpc) is 2.59. The molecule has 0 fully saturated rings. The van der Waals surface area contributed by atoms with Crippen LogP contribution >= 0.6 is 0 Å². The minimum Gasteiger partial charge on any atom is -0.457 e. The number of aryl methyl sites for hydroxylation is 1. The molecule has 1 aliphatic carbocycles. The Balaban J connectivity index is 1.72. The van der Waals surface area contributed by atoms with Crippen LogP contribution in [0.3, 0.4) is 0 Å². The van der Waals surface area contributed by atoms with Gasteiger partial charge < -0.3 is 4.74 Å². The highest BCUT2D eigenvalue weighted by Gasteiger charge is 2.28. The van der Waals surface area contributed by atoms with E-state index in [0.717, 1.165) is 24.7 Å². The number of hydrogen-bond acceptors (Lipinski definition) is 3. The van der Waals surface area contributed by atoms with Crippen molar-refractivity contribution in [3.05, 3.63) is 70.3 Å². The Hall–Kier alpha value is -2.42. The van der Waals surface area contributed by atoms with Gasteiger partial charge in [0.1, 0.15) is 12.9 Å². The van der Waals surface area contributed by atoms with Crippen LogP contribution in [0.15, 0.2) is 42.5 Å². The third-order valence-corrected chi connectivity index (χ3v) is 4.81. The molecule has 2 aromatic rings. The molecule has 0 aliphatic heterocycles. The van der Waals surface area contributed by atoms with Gasteiger partial charge in [0, 0.05) is 5.56 Å². The minimum atomic E-state index is -0.307. The van der Waals surface area contributed by atoms with Gasteiger partial charge >= 0.3 is 5.97 Å². The number of carbonyl (C=O) groups excluding carboxylic acids is 2. The van der Waals surface area contributed by atoms with Crippen molar-refractivity contribution in [1.29, 1.82) is 0 Å². The molecule has 0 amide bonds. The predicted octanol–water partition coefficient (Wildman–Crippen LogP) is 4.47. The predicted molar refractivity (Wildman–Crippen MR) is 93.4 cm³/mol. The number of carbonyl (C=O) groups is 2. The Kier molecular flexibility index (Phi) is 4.52. The second kappa shape index (κ2) is 6.60. The van der Waals surface area contributed by atoms with Crippen LogP contribution in [0.5, 0.6) is 0 Å². The van der Waals surface area contributed by atoms with E-state index in [-0.39, 0.29) is 18.0 Å². The summed E-state index contributed by atoms with van der Waals surface area (Å²) in [6.45, 7) is 4.67. The maximum Gasteiger partial charge on any atom is 0.338 e. The van der Waals surface area contributed by atoms with Gasteiger partial charge in [0.15, 0.2) is 0 Å². The van der Waals surface area contributed by atoms with E-state index in [0.29, 0.717) is 11.1 Å². The maximum absolute atomic E-state index is 12.4. The molecule has 24 heavy (non-hydrogen) atoms. The van der Waals surface area contributed by atoms with Gasteiger partial charge in [0.05, 0.1) is 5.56 Å². The number of hydrogen-bond donors (Lipinski definition) is 0. The second-order valence-electron chi connectivity index (χ2n) is 7.04. The molecule has 0 unspecified atom stereocenters. The van der Waals surface area contributed by atoms with Crippen molar-refractivity contribution in [3.63, 3.8) is 0 Å². The van der Waals surface area contributed by atoms with Crippen molar-refractivity contribution in [3.8, 4) is 0 Å². The first-order valence-corrected chi connectivity index (χ1v) is 8.34. The summed E-state index contributed by atoms with van der Waals surface area (Å²) in [5, 5.41) is 0. The largest absolute Gasteiger partial charge is 0.457 e. The standard InChI is InChI=1S/C21H22O3/c1-21(2)11-3-4-17-9-10-18(12-19(17)21)20(23)24-14-16-7-5-15(13-22)6-8-16/h5-10,12-13H,3-4,11,14H2,1-2H3. The Morgan fingerprint density at radius 3 is 2.62 bits per heavy atom. The van der Waals surface area contributed by atoms with Gasteiger partial charge in [0.2, 0.25) is 0 Å². The third kappa shape index (κ3) is 3.40. The summed E-state index contributed by atoms with van der Waals surface area (Å²) in [5.74, 6) is -0.307. The van der Waals surface area contributed by atoms with Crippen LogP contribution in [0.4, 0.5) is 0 Å². The van der Waals surface area contributed by atoms with Crippen LogP contribution in [0.25, 0.3) is 0 Å². The van der Waals surface area contributed by atoms with E-state index in [1.54, 1.807) is 24.3 Å². The summed E-state index contributed by atoms with van der Waals surface area (Å²) < 4.78 is 5.42. The molecule has 3 rings (SSSR count). The topological polar surface area (TPSA) is 43.4 Å². The highest BCUT2D eigenvalue weighted by molar-refractivity contribution is 5.89. The van der Waals surface area contributed by atoms with Gasteiger partial charge in [-0.25, -0.2) is 4.79 Å². The normalized spacial score (nSPS) is 15.4. The van der Waals surface area contributed by atoms with E-state index < -0.39 is 0 Å². The van der Waals surface area contributed by atoms with Gasteiger partial charge in [-0.3, -0.25) is 4.79 Å². The average molecular weight is 322 g/mol. The highest BCUT2D eigenvalue weighted by Crippen LogP contribution is 2.37. The molecule has 0 heterocycles. The van der Waals surface area contributed by atoms with Crippen molar-refractivity contribution in [1.82, 2.24) is 0 Å². The molecule has 0 radical (unpaired) electrons. The molecule has 2 aromatic carbocycles. The summed E-state index contributed by atoms with van der Waals surface area (Å²) in [6.07, 6.45) is 4.21. The fourth-order valence-electron chi connectivity index (χ4n) is 3.33. The molecule has 0 N–H and O–H groups in total. The van der Waals surface area contributed by atoms with Gasteiger partial charge in [-0.2, -0.15) is 0 Å². The number of esters is 1. The van der Waals surface area contributed by atoms with Crippen molar-refractivity contribution in [2.45, 2.75) is 45.1 Å². The summed E-state index contributed by atoms with van der Waals surface area (Å²) in [7, 11) is 0. The van der Waals surface area contributed by atoms with E-state index in [2.05, 4.69) is 19.9 Å². The van der Waals surface area contributed by atoms with Crippen molar-refractivity contribution < 1.29 is 14.3 Å². The zero-order valence-corrected chi connectivity index (χ0v) is 14.2. The molecule has 0 aromatic heterocycles. The second-order valence-corrected chi connectivity index (χ2v) is 7.04. The maximum atomic E-state index is 12.4. The fourth-order valence-corrected chi connectivity index (χ4v) is 3.33. The zero-order chi connectivity index (χ0) is 17.2. The SMILES string of the molecule is CC1(C)CCCc2ccc(C(=O)OCc3ccc(C=O)cc3)cc21. The number of ether oxygens (including phenoxy) is 1. The van der Waals surface area contributed by atoms with Crippen LogP contribution in [0.1, 0.15) is 64.1 Å². The minimum absolute atomic E-state index is 0.106. The Labute approximate surface area is 142 Å². The van der Waals surface area contributed by atoms with Gasteiger partial charge in [-0.15, -0.1) is 0 Å². The molecule has 1 aliphatic rings. The van der Waals surface area contributed by atoms with Crippen molar-refractivity contribution in [2.24, 2.45) is 0 Å². The molecule has 0 bridgehead atoms. The van der Waals surface area contributed by atoms with E-state index in [4.69, 9.17) is 4.74 Å². The number of aldehydes is 1. The Bertz CT molecular complexity index is 757. The lowest BCUT2D eigenvalue weighted by Gasteiger charge is -2.32. The smallest absolute Gasteiger partial charge is 0.338 e. The van der Waals surface area contributed by atoms with Crippen LogP contribution in [0.2, 0.25) is 0 Å². The highest BCUT2D eigenvalue weighted by atomic mass is 16.5. The molecule has 3 nitrogen and oxygen atoms in total. The number of benzene rings is 2. The molecule has 124 valence electrons. The summed E-state index contributed by atoms with van der Waals surface area (Å²) in [6, 6.07) is 12.9. The van der Waals surface area contributed by atoms with Crippen LogP contribution in [-0.4, -0.2) is 12.3 Å². The molecule has 0 atom stereocenters. The summed E-state index contributed by atoms with van der Waals surface area (Å²) in [4.78, 5) is 23.0. The van der Waals surface area contributed by atoms with Crippen LogP contribution in [-0.2, 0) is 23.2 Å². The lowest BCUT2D eigenvalue weighted by atomic mass is 9.72. The van der Waals surface area contributed by atoms with E-state index in [9.17, 15) is 9.59 Å². The third-order valence-electron chi connectivity index (χ3n) is 4.81. The lowest BCUT2D eigenvalue weighted by Crippen LogP contribution is -2.24. The van der Waals surface area contributed by atoms with Crippen molar-refractivity contribution in [2.75, 3.05) is 0 Å². The van der Waals surface area contributed by atoms with E-state index in [1.165, 1.54) is 17.5 Å². The fraction of sp³-hybridized carbons (Fsp3) is 0.333. The van der Waals surface area contributed by atoms with E-state index in [1.807, 2.05) is 12.1 Å². The number of rotatable bonds is 4. The lowest BCUT2D eigenvalue weighted by molar-refractivity contribution is 0.0472. The molecule has 0 saturated carbocycles. The van der Waals surface area contributed by atoms with Gasteiger partial charge in [0.25, 0.3) is 0 Å². The first kappa shape index (κ1) is 16.4. The molecular weight excluding hydrogens is 300 g/mol. The molecule has 0 saturated heterocycles. The molecular formula is C21H22O3. The van der Waals surface area contributed by atoms with Crippen LogP contribution in [0, 0.1) is 0 Å². The van der Waals surface area contributed by atoms with Crippen LogP contribution < -0.4 is 0 Å². The first-order valence-electron chi connectivity index (χ1n) is 8.34. The summed E-state index contributed by atoms with van der Waals surface area (Å²) >= 11 is 0. The monoisotopic (exact) mass is 322 g/mol. The molecule has 0 spiro atoms. The Morgan fingerprint density at radius 1 is 1.17 bits per heavy atom. The van der Waals surface area contributed by atoms with Gasteiger partial charge in [-0.1, -0.05) is 44.2 Å². The zero-order valence-electron chi connectivity index (χ0n) is 14.2. The van der Waals surface area contributed by atoms with E-state index >= 15 is 0 Å². The number of fused-ring (bicyclic) bond motifs is 1. The molecule has 3 heteroatoms. The Morgan fingerprint density at radius 2 is 1.92 bits per heavy atom. The van der Waals surface area contributed by atoms with Gasteiger partial charge in [-0.05, 0) is 53.5 Å². The van der Waals surface area contributed by atoms with Crippen molar-refractivity contribution >= 4 is 12.3 Å². The first-order chi connectivity index (χ1) is 11.5. The quantitative estimate of drug-likeness (QED) is 0.616.